The number of piperidine rings is 1. The fraction of sp³-hybridized carbons (Fsp3) is 0.857. The largest absolute Gasteiger partial charge is 0.391 e. The fourth-order valence-electron chi connectivity index (χ4n) is 1.27. The van der Waals surface area contributed by atoms with Crippen molar-refractivity contribution in [2.24, 2.45) is 0 Å². The monoisotopic (exact) mass is 221 g/mol. The highest BCUT2D eigenvalue weighted by Crippen LogP contribution is 2.10. The summed E-state index contributed by atoms with van der Waals surface area (Å²) in [6.07, 6.45) is 1.43. The van der Waals surface area contributed by atoms with Crippen LogP contribution in [0.4, 0.5) is 0 Å². The van der Waals surface area contributed by atoms with Gasteiger partial charge in [-0.3, -0.25) is 4.79 Å². The molecule has 1 N–H and O–H groups in total. The second kappa shape index (κ2) is 4.07. The van der Waals surface area contributed by atoms with Gasteiger partial charge in [-0.05, 0) is 12.8 Å². The highest BCUT2D eigenvalue weighted by molar-refractivity contribution is 9.09. The molecule has 1 aliphatic rings. The molecule has 4 heteroatoms. The van der Waals surface area contributed by atoms with E-state index in [1.54, 1.807) is 4.90 Å². The number of aliphatic hydroxyl groups excluding tert-OH is 1. The molecule has 11 heavy (non-hydrogen) atoms. The Morgan fingerprint density at radius 1 is 1.73 bits per heavy atom. The van der Waals surface area contributed by atoms with Gasteiger partial charge >= 0.3 is 0 Å². The number of halogens is 1. The van der Waals surface area contributed by atoms with Crippen LogP contribution in [0.15, 0.2) is 0 Å². The van der Waals surface area contributed by atoms with Crippen molar-refractivity contribution in [3.63, 3.8) is 0 Å². The zero-order valence-electron chi connectivity index (χ0n) is 6.29. The maximum atomic E-state index is 11.1. The molecular weight excluding hydrogens is 210 g/mol. The van der Waals surface area contributed by atoms with Crippen molar-refractivity contribution in [3.8, 4) is 0 Å². The Hall–Kier alpha value is -0.0900. The van der Waals surface area contributed by atoms with Gasteiger partial charge in [-0.1, -0.05) is 15.9 Å². The molecule has 0 spiro atoms. The fourth-order valence-corrected chi connectivity index (χ4v) is 1.62. The van der Waals surface area contributed by atoms with Crippen molar-refractivity contribution in [2.75, 3.05) is 18.4 Å². The van der Waals surface area contributed by atoms with Crippen LogP contribution in [0.3, 0.4) is 0 Å². The van der Waals surface area contributed by atoms with Crippen LogP contribution in [-0.4, -0.2) is 40.4 Å². The predicted octanol–water partition coefficient (Wildman–Crippen LogP) is 0.365. The first-order valence-corrected chi connectivity index (χ1v) is 4.88. The summed E-state index contributed by atoms with van der Waals surface area (Å²) >= 11 is 3.10. The number of β-amino-alcohol motifs (C(OH)–C–C–N with tert-alkyl or cyclic N) is 1. The predicted molar refractivity (Wildman–Crippen MR) is 45.6 cm³/mol. The van der Waals surface area contributed by atoms with E-state index in [4.69, 9.17) is 0 Å². The second-order valence-corrected chi connectivity index (χ2v) is 3.33. The molecule has 0 bridgehead atoms. The van der Waals surface area contributed by atoms with Crippen LogP contribution in [0.25, 0.3) is 0 Å². The molecule has 0 radical (unpaired) electrons. The summed E-state index contributed by atoms with van der Waals surface area (Å²) in [5, 5.41) is 9.58. The van der Waals surface area contributed by atoms with E-state index >= 15 is 0 Å². The summed E-state index contributed by atoms with van der Waals surface area (Å²) in [5.74, 6) is 0.0729. The number of amides is 1. The quantitative estimate of drug-likeness (QED) is 0.651. The molecule has 0 aliphatic carbocycles. The maximum Gasteiger partial charge on any atom is 0.233 e. The molecule has 1 saturated heterocycles. The lowest BCUT2D eigenvalue weighted by molar-refractivity contribution is -0.131. The minimum absolute atomic E-state index is 0.0729. The topological polar surface area (TPSA) is 40.5 Å². The van der Waals surface area contributed by atoms with Crippen molar-refractivity contribution in [1.82, 2.24) is 4.90 Å². The molecule has 1 heterocycles. The third-order valence-corrected chi connectivity index (χ3v) is 2.34. The lowest BCUT2D eigenvalue weighted by atomic mass is 10.1. The van der Waals surface area contributed by atoms with E-state index in [0.29, 0.717) is 11.9 Å². The van der Waals surface area contributed by atoms with E-state index in [2.05, 4.69) is 15.9 Å². The minimum Gasteiger partial charge on any atom is -0.391 e. The summed E-state index contributed by atoms with van der Waals surface area (Å²) in [7, 11) is 0. The number of hydrogen-bond donors (Lipinski definition) is 1. The van der Waals surface area contributed by atoms with Gasteiger partial charge in [0.2, 0.25) is 5.91 Å². The number of aliphatic hydroxyl groups is 1. The van der Waals surface area contributed by atoms with Crippen molar-refractivity contribution in [1.29, 1.82) is 0 Å². The molecule has 0 aromatic rings. The zero-order valence-corrected chi connectivity index (χ0v) is 7.88. The van der Waals surface area contributed by atoms with Gasteiger partial charge in [-0.15, -0.1) is 0 Å². The molecule has 1 unspecified atom stereocenters. The Morgan fingerprint density at radius 2 is 2.45 bits per heavy atom. The third-order valence-electron chi connectivity index (χ3n) is 1.86. The summed E-state index contributed by atoms with van der Waals surface area (Å²) in [4.78, 5) is 12.8. The van der Waals surface area contributed by atoms with Crippen LogP contribution in [0.5, 0.6) is 0 Å². The first-order chi connectivity index (χ1) is 5.24. The number of likely N-dealkylation sites (tertiary alicyclic amines) is 1. The first-order valence-electron chi connectivity index (χ1n) is 3.76. The van der Waals surface area contributed by atoms with Gasteiger partial charge < -0.3 is 10.0 Å². The summed E-state index contributed by atoms with van der Waals surface area (Å²) in [6, 6.07) is 0. The first kappa shape index (κ1) is 9.00. The summed E-state index contributed by atoms with van der Waals surface area (Å²) in [5.41, 5.74) is 0. The molecule has 3 nitrogen and oxygen atoms in total. The van der Waals surface area contributed by atoms with Gasteiger partial charge in [0.15, 0.2) is 0 Å². The van der Waals surface area contributed by atoms with Gasteiger partial charge in [0.1, 0.15) is 0 Å². The van der Waals surface area contributed by atoms with Crippen LogP contribution in [0, 0.1) is 0 Å². The zero-order chi connectivity index (χ0) is 8.27. The highest BCUT2D eigenvalue weighted by Gasteiger charge is 2.20. The summed E-state index contributed by atoms with van der Waals surface area (Å²) in [6.45, 7) is 1.30. The van der Waals surface area contributed by atoms with Gasteiger partial charge in [-0.25, -0.2) is 0 Å². The number of carbonyl (C=O) groups excluding carboxylic acids is 1. The standard InChI is InChI=1S/C7H12BrNO2/c8-4-7(11)9-3-1-2-6(10)5-9/h6,10H,1-5H2. The van der Waals surface area contributed by atoms with E-state index in [1.807, 2.05) is 0 Å². The number of carbonyl (C=O) groups is 1. The molecule has 1 amide bonds. The number of hydrogen-bond acceptors (Lipinski definition) is 2. The average Bonchev–Trinajstić information content (AvgIpc) is 2.03. The Labute approximate surface area is 74.5 Å². The number of nitrogens with zero attached hydrogens (tertiary/aromatic N) is 1. The molecule has 1 rings (SSSR count). The van der Waals surface area contributed by atoms with Gasteiger partial charge in [0.25, 0.3) is 0 Å². The molecule has 0 saturated carbocycles. The van der Waals surface area contributed by atoms with E-state index in [0.717, 1.165) is 19.4 Å². The van der Waals surface area contributed by atoms with E-state index in [-0.39, 0.29) is 12.0 Å². The van der Waals surface area contributed by atoms with Gasteiger partial charge in [0, 0.05) is 13.1 Å². The lowest BCUT2D eigenvalue weighted by Gasteiger charge is -2.29. The molecular formula is C7H12BrNO2. The Morgan fingerprint density at radius 3 is 3.00 bits per heavy atom. The van der Waals surface area contributed by atoms with Gasteiger partial charge in [-0.2, -0.15) is 0 Å². The Bertz CT molecular complexity index is 151. The van der Waals surface area contributed by atoms with Gasteiger partial charge in [0.05, 0.1) is 11.4 Å². The van der Waals surface area contributed by atoms with E-state index in [1.165, 1.54) is 0 Å². The lowest BCUT2D eigenvalue weighted by Crippen LogP contribution is -2.42. The van der Waals surface area contributed by atoms with E-state index < -0.39 is 0 Å². The van der Waals surface area contributed by atoms with E-state index in [9.17, 15) is 9.90 Å². The molecule has 0 aromatic carbocycles. The highest BCUT2D eigenvalue weighted by atomic mass is 79.9. The van der Waals surface area contributed by atoms with Crippen LogP contribution < -0.4 is 0 Å². The van der Waals surface area contributed by atoms with Crippen molar-refractivity contribution < 1.29 is 9.90 Å². The van der Waals surface area contributed by atoms with Crippen LogP contribution >= 0.6 is 15.9 Å². The average molecular weight is 222 g/mol. The molecule has 64 valence electrons. The van der Waals surface area contributed by atoms with Crippen LogP contribution in [0.1, 0.15) is 12.8 Å². The molecule has 1 atom stereocenters. The Kier molecular flexibility index (Phi) is 3.33. The minimum atomic E-state index is -0.313. The third kappa shape index (κ3) is 2.45. The van der Waals surface area contributed by atoms with Crippen molar-refractivity contribution >= 4 is 21.8 Å². The molecule has 1 fully saturated rings. The number of alkyl halides is 1. The maximum absolute atomic E-state index is 11.1. The number of rotatable bonds is 1. The molecule has 1 aliphatic heterocycles. The van der Waals surface area contributed by atoms with Crippen LogP contribution in [-0.2, 0) is 4.79 Å². The van der Waals surface area contributed by atoms with Crippen molar-refractivity contribution in [3.05, 3.63) is 0 Å². The Balaban J connectivity index is 2.39. The SMILES string of the molecule is O=C(CBr)N1CCCC(O)C1. The van der Waals surface area contributed by atoms with Crippen LogP contribution in [0.2, 0.25) is 0 Å². The summed E-state index contributed by atoms with van der Waals surface area (Å²) < 4.78 is 0. The second-order valence-electron chi connectivity index (χ2n) is 2.77. The normalized spacial score (nSPS) is 25.3. The smallest absolute Gasteiger partial charge is 0.233 e. The van der Waals surface area contributed by atoms with Crippen molar-refractivity contribution in [2.45, 2.75) is 18.9 Å². The molecule has 0 aromatic heterocycles.